The van der Waals surface area contributed by atoms with Crippen LogP contribution in [0.2, 0.25) is 0 Å². The van der Waals surface area contributed by atoms with Crippen molar-refractivity contribution in [3.63, 3.8) is 0 Å². The van der Waals surface area contributed by atoms with Gasteiger partial charge >= 0.3 is 6.09 Å². The largest absolute Gasteiger partial charge is 0.443 e. The van der Waals surface area contributed by atoms with Gasteiger partial charge in [0.15, 0.2) is 11.6 Å². The number of ketones is 1. The highest BCUT2D eigenvalue weighted by Gasteiger charge is 2.33. The molecule has 2 heterocycles. The number of nitrogens with zero attached hydrogens (tertiary/aromatic N) is 2. The molecule has 1 atom stereocenters. The summed E-state index contributed by atoms with van der Waals surface area (Å²) in [7, 11) is 1.73. The Bertz CT molecular complexity index is 635. The second-order valence-electron chi connectivity index (χ2n) is 5.96. The summed E-state index contributed by atoms with van der Waals surface area (Å²) in [5, 5.41) is 2.89. The molecule has 8 heteroatoms. The normalized spacial score (nSPS) is 21.4. The molecule has 1 N–H and O–H groups in total. The fourth-order valence-electron chi connectivity index (χ4n) is 3.06. The van der Waals surface area contributed by atoms with Crippen LogP contribution in [-0.2, 0) is 9.53 Å². The van der Waals surface area contributed by atoms with E-state index in [1.54, 1.807) is 7.05 Å². The van der Waals surface area contributed by atoms with Gasteiger partial charge in [-0.05, 0) is 7.05 Å². The molecule has 0 radical (unpaired) electrons. The van der Waals surface area contributed by atoms with Gasteiger partial charge in [-0.1, -0.05) is 0 Å². The number of anilines is 2. The minimum atomic E-state index is -0.746. The number of hydrogen-bond acceptors (Lipinski definition) is 5. The molecule has 2 saturated heterocycles. The summed E-state index contributed by atoms with van der Waals surface area (Å²) >= 11 is 0. The van der Waals surface area contributed by atoms with E-state index in [1.807, 2.05) is 0 Å². The van der Waals surface area contributed by atoms with Crippen molar-refractivity contribution in [2.45, 2.75) is 18.9 Å². The third-order valence-electron chi connectivity index (χ3n) is 4.26. The van der Waals surface area contributed by atoms with Crippen LogP contribution in [0.25, 0.3) is 0 Å². The summed E-state index contributed by atoms with van der Waals surface area (Å²) in [5.41, 5.74) is -0.0176. The van der Waals surface area contributed by atoms with Crippen molar-refractivity contribution in [2.75, 3.05) is 43.0 Å². The van der Waals surface area contributed by atoms with Gasteiger partial charge in [-0.2, -0.15) is 0 Å². The number of carbonyl (C=O) groups is 2. The predicted molar refractivity (Wildman–Crippen MR) is 84.4 cm³/mol. The second kappa shape index (κ2) is 6.72. The van der Waals surface area contributed by atoms with Crippen LogP contribution in [-0.4, -0.2) is 51.2 Å². The summed E-state index contributed by atoms with van der Waals surface area (Å²) in [6.07, 6.45) is -0.415. The summed E-state index contributed by atoms with van der Waals surface area (Å²) in [6.45, 7) is 1.28. The Balaban J connectivity index is 1.82. The maximum absolute atomic E-state index is 14.5. The number of amides is 1. The maximum atomic E-state index is 14.5. The van der Waals surface area contributed by atoms with Crippen molar-refractivity contribution in [3.8, 4) is 0 Å². The monoisotopic (exact) mass is 339 g/mol. The molecule has 1 unspecified atom stereocenters. The van der Waals surface area contributed by atoms with Gasteiger partial charge in [0, 0.05) is 44.6 Å². The molecule has 0 aliphatic carbocycles. The average Bonchev–Trinajstić information content (AvgIpc) is 2.89. The molecule has 1 aromatic carbocycles. The number of rotatable bonds is 4. The van der Waals surface area contributed by atoms with Gasteiger partial charge < -0.3 is 15.0 Å². The Labute approximate surface area is 138 Å². The van der Waals surface area contributed by atoms with Crippen molar-refractivity contribution in [1.29, 1.82) is 0 Å². The molecule has 0 bridgehead atoms. The summed E-state index contributed by atoms with van der Waals surface area (Å²) in [6, 6.07) is 2.27. The highest BCUT2D eigenvalue weighted by molar-refractivity contribution is 5.90. The topological polar surface area (TPSA) is 61.9 Å². The van der Waals surface area contributed by atoms with Gasteiger partial charge in [0.2, 0.25) is 0 Å². The molecular formula is C16H19F2N3O3. The summed E-state index contributed by atoms with van der Waals surface area (Å²) < 4.78 is 34.1. The molecule has 2 fully saturated rings. The van der Waals surface area contributed by atoms with Gasteiger partial charge in [0.1, 0.15) is 17.6 Å². The van der Waals surface area contributed by atoms with E-state index in [1.165, 1.54) is 9.80 Å². The van der Waals surface area contributed by atoms with E-state index >= 15 is 0 Å². The zero-order valence-electron chi connectivity index (χ0n) is 13.3. The number of likely N-dealkylation sites (N-methyl/N-ethyl adjacent to an activating group) is 1. The van der Waals surface area contributed by atoms with Crippen molar-refractivity contribution in [2.24, 2.45) is 0 Å². The zero-order valence-corrected chi connectivity index (χ0v) is 13.3. The maximum Gasteiger partial charge on any atom is 0.414 e. The highest BCUT2D eigenvalue weighted by Crippen LogP contribution is 2.32. The molecular weight excluding hydrogens is 320 g/mol. The van der Waals surface area contributed by atoms with Crippen LogP contribution >= 0.6 is 0 Å². The third-order valence-corrected chi connectivity index (χ3v) is 4.26. The molecule has 2 aliphatic rings. The number of halogens is 2. The van der Waals surface area contributed by atoms with E-state index in [9.17, 15) is 18.4 Å². The first-order valence-corrected chi connectivity index (χ1v) is 7.88. The van der Waals surface area contributed by atoms with Crippen LogP contribution in [0.4, 0.5) is 25.0 Å². The molecule has 0 spiro atoms. The molecule has 0 aromatic heterocycles. The first-order chi connectivity index (χ1) is 11.5. The van der Waals surface area contributed by atoms with Crippen LogP contribution in [0.15, 0.2) is 12.1 Å². The van der Waals surface area contributed by atoms with Crippen LogP contribution in [0.1, 0.15) is 12.8 Å². The standard InChI is InChI=1S/C16H19F2N3O3/c1-19-8-12-9-21(16(23)24-12)10-6-13(17)15(14(18)7-10)20-4-2-11(22)3-5-20/h6-7,12,19H,2-5,8-9H2,1H3. The molecule has 24 heavy (non-hydrogen) atoms. The number of cyclic esters (lactones) is 1. The van der Waals surface area contributed by atoms with Gasteiger partial charge in [0.05, 0.1) is 12.2 Å². The molecule has 3 rings (SSSR count). The molecule has 6 nitrogen and oxygen atoms in total. The smallest absolute Gasteiger partial charge is 0.414 e. The number of Topliss-reactive ketones (excluding diaryl/α,β-unsaturated/α-hetero) is 1. The van der Waals surface area contributed by atoms with E-state index < -0.39 is 17.7 Å². The van der Waals surface area contributed by atoms with E-state index in [0.717, 1.165) is 12.1 Å². The Morgan fingerprint density at radius 1 is 1.21 bits per heavy atom. The van der Waals surface area contributed by atoms with E-state index in [2.05, 4.69) is 5.32 Å². The fourth-order valence-corrected chi connectivity index (χ4v) is 3.06. The number of carbonyl (C=O) groups excluding carboxylic acids is 2. The number of hydrogen-bond donors (Lipinski definition) is 1. The first-order valence-electron chi connectivity index (χ1n) is 7.88. The SMILES string of the molecule is CNCC1CN(c2cc(F)c(N3CCC(=O)CC3)c(F)c2)C(=O)O1. The Morgan fingerprint density at radius 2 is 1.83 bits per heavy atom. The number of ether oxygens (including phenoxy) is 1. The Kier molecular flexibility index (Phi) is 4.66. The van der Waals surface area contributed by atoms with Gasteiger partial charge in [-0.15, -0.1) is 0 Å². The number of benzene rings is 1. The van der Waals surface area contributed by atoms with Crippen molar-refractivity contribution in [1.82, 2.24) is 5.32 Å². The van der Waals surface area contributed by atoms with Gasteiger partial charge in [-0.25, -0.2) is 13.6 Å². The lowest BCUT2D eigenvalue weighted by Crippen LogP contribution is -2.35. The Morgan fingerprint density at radius 3 is 2.42 bits per heavy atom. The molecule has 0 saturated carbocycles. The lowest BCUT2D eigenvalue weighted by molar-refractivity contribution is -0.119. The van der Waals surface area contributed by atoms with E-state index in [4.69, 9.17) is 4.74 Å². The zero-order chi connectivity index (χ0) is 17.3. The van der Waals surface area contributed by atoms with E-state index in [0.29, 0.717) is 19.6 Å². The quantitative estimate of drug-likeness (QED) is 0.904. The van der Waals surface area contributed by atoms with Crippen molar-refractivity contribution < 1.29 is 23.1 Å². The van der Waals surface area contributed by atoms with Gasteiger partial charge in [-0.3, -0.25) is 9.69 Å². The minimum Gasteiger partial charge on any atom is -0.443 e. The third kappa shape index (κ3) is 3.19. The van der Waals surface area contributed by atoms with E-state index in [-0.39, 0.29) is 42.6 Å². The predicted octanol–water partition coefficient (Wildman–Crippen LogP) is 1.68. The van der Waals surface area contributed by atoms with Crippen LogP contribution < -0.4 is 15.1 Å². The number of piperidine rings is 1. The molecule has 130 valence electrons. The first kappa shape index (κ1) is 16.6. The van der Waals surface area contributed by atoms with Crippen molar-refractivity contribution in [3.05, 3.63) is 23.8 Å². The van der Waals surface area contributed by atoms with Gasteiger partial charge in [0.25, 0.3) is 0 Å². The fraction of sp³-hybridized carbons (Fsp3) is 0.500. The molecule has 2 aliphatic heterocycles. The lowest BCUT2D eigenvalue weighted by Gasteiger charge is -2.29. The second-order valence-corrected chi connectivity index (χ2v) is 5.96. The highest BCUT2D eigenvalue weighted by atomic mass is 19.1. The van der Waals surface area contributed by atoms with Crippen LogP contribution in [0, 0.1) is 11.6 Å². The Hall–Kier alpha value is -2.22. The minimum absolute atomic E-state index is 0.0964. The molecule has 1 aromatic rings. The lowest BCUT2D eigenvalue weighted by atomic mass is 10.1. The van der Waals surface area contributed by atoms with Crippen molar-refractivity contribution >= 4 is 23.3 Å². The summed E-state index contributed by atoms with van der Waals surface area (Å²) in [4.78, 5) is 25.9. The average molecular weight is 339 g/mol. The summed E-state index contributed by atoms with van der Waals surface area (Å²) in [5.74, 6) is -1.40. The van der Waals surface area contributed by atoms with Crippen LogP contribution in [0.5, 0.6) is 0 Å². The molecule has 1 amide bonds. The van der Waals surface area contributed by atoms with Crippen LogP contribution in [0.3, 0.4) is 0 Å². The number of nitrogens with one attached hydrogen (secondary N) is 1.